The van der Waals surface area contributed by atoms with E-state index in [9.17, 15) is 14.4 Å². The number of aliphatic carboxylic acids is 1. The average Bonchev–Trinajstić information content (AvgIpc) is 3.17. The second-order valence-electron chi connectivity index (χ2n) is 11.4. The van der Waals surface area contributed by atoms with E-state index in [1.54, 1.807) is 4.90 Å². The molecule has 0 aromatic heterocycles. The van der Waals surface area contributed by atoms with Crippen molar-refractivity contribution in [1.29, 1.82) is 5.41 Å². The fraction of sp³-hybridized carbons (Fsp3) is 0.840. The largest absolute Gasteiger partial charge is 0.481 e. The van der Waals surface area contributed by atoms with Gasteiger partial charge in [-0.05, 0) is 46.7 Å². The first-order valence-corrected chi connectivity index (χ1v) is 13.6. The lowest BCUT2D eigenvalue weighted by Gasteiger charge is -2.41. The van der Waals surface area contributed by atoms with Crippen LogP contribution in [0, 0.1) is 5.41 Å². The normalized spacial score (nSPS) is 23.9. The van der Waals surface area contributed by atoms with Crippen molar-refractivity contribution in [2.75, 3.05) is 78.5 Å². The minimum Gasteiger partial charge on any atom is -0.481 e. The van der Waals surface area contributed by atoms with Crippen LogP contribution < -0.4 is 5.73 Å². The van der Waals surface area contributed by atoms with Gasteiger partial charge in [0, 0.05) is 65.3 Å². The predicted octanol–water partition coefficient (Wildman–Crippen LogP) is 0.537. The summed E-state index contributed by atoms with van der Waals surface area (Å²) >= 11 is 0. The van der Waals surface area contributed by atoms with Crippen LogP contribution in [-0.4, -0.2) is 150 Å². The number of hydrogen-bond donors (Lipinski definition) is 3. The molecule has 0 spiro atoms. The number of carboxylic acids is 1. The number of hydrogen-bond acceptors (Lipinski definition) is 9. The topological polar surface area (TPSA) is 156 Å². The Labute approximate surface area is 225 Å². The van der Waals surface area contributed by atoms with Crippen LogP contribution in [0.3, 0.4) is 0 Å². The van der Waals surface area contributed by atoms with Gasteiger partial charge in [0.1, 0.15) is 23.6 Å². The summed E-state index contributed by atoms with van der Waals surface area (Å²) in [6.07, 6.45) is 0.739. The second kappa shape index (κ2) is 13.4. The molecule has 3 fully saturated rings. The van der Waals surface area contributed by atoms with Crippen LogP contribution >= 0.6 is 0 Å². The van der Waals surface area contributed by atoms with E-state index in [-0.39, 0.29) is 24.5 Å². The van der Waals surface area contributed by atoms with E-state index in [1.165, 1.54) is 4.90 Å². The van der Waals surface area contributed by atoms with E-state index in [4.69, 9.17) is 25.7 Å². The minimum absolute atomic E-state index is 0.0624. The van der Waals surface area contributed by atoms with Crippen molar-refractivity contribution in [3.05, 3.63) is 0 Å². The first kappa shape index (κ1) is 29.9. The Morgan fingerprint density at radius 2 is 1.63 bits per heavy atom. The Kier molecular flexibility index (Phi) is 10.6. The molecule has 2 amide bonds. The average molecular weight is 540 g/mol. The van der Waals surface area contributed by atoms with Gasteiger partial charge in [0.15, 0.2) is 0 Å². The number of carbonyl (C=O) groups excluding carboxylic acids is 2. The van der Waals surface area contributed by atoms with Gasteiger partial charge in [-0.25, -0.2) is 9.59 Å². The Hall–Kier alpha value is -2.64. The molecule has 0 radical (unpaired) electrons. The third kappa shape index (κ3) is 9.28. The van der Waals surface area contributed by atoms with E-state index in [2.05, 4.69) is 14.7 Å². The molecule has 13 heteroatoms. The number of ether oxygens (including phenoxy) is 2. The van der Waals surface area contributed by atoms with Crippen molar-refractivity contribution < 1.29 is 29.0 Å². The van der Waals surface area contributed by atoms with Gasteiger partial charge < -0.3 is 30.1 Å². The molecule has 3 heterocycles. The summed E-state index contributed by atoms with van der Waals surface area (Å²) in [4.78, 5) is 45.7. The number of nitrogens with zero attached hydrogens (tertiary/aromatic N) is 5. The number of nitrogens with one attached hydrogen (secondary N) is 1. The summed E-state index contributed by atoms with van der Waals surface area (Å²) in [5, 5.41) is 16.8. The van der Waals surface area contributed by atoms with E-state index in [0.29, 0.717) is 45.7 Å². The minimum atomic E-state index is -0.753. The molecular formula is C25H45N7O6. The maximum atomic E-state index is 12.6. The lowest BCUT2D eigenvalue weighted by molar-refractivity contribution is -0.137. The lowest BCUT2D eigenvalue weighted by atomic mass is 10.1. The number of cyclic esters (lactones) is 1. The van der Waals surface area contributed by atoms with Crippen LogP contribution in [0.15, 0.2) is 0 Å². The zero-order valence-corrected chi connectivity index (χ0v) is 23.1. The third-order valence-electron chi connectivity index (χ3n) is 7.10. The van der Waals surface area contributed by atoms with Crippen molar-refractivity contribution in [2.45, 2.75) is 57.8 Å². The van der Waals surface area contributed by atoms with Crippen LogP contribution in [0.25, 0.3) is 0 Å². The fourth-order valence-electron chi connectivity index (χ4n) is 5.12. The molecule has 0 saturated carbocycles. The van der Waals surface area contributed by atoms with Crippen molar-refractivity contribution >= 4 is 24.0 Å². The summed E-state index contributed by atoms with van der Waals surface area (Å²) in [5.74, 6) is -0.815. The number of rotatable bonds is 11. The predicted molar refractivity (Wildman–Crippen MR) is 141 cm³/mol. The lowest BCUT2D eigenvalue weighted by Crippen LogP contribution is -2.60. The van der Waals surface area contributed by atoms with Gasteiger partial charge in [0.2, 0.25) is 0 Å². The molecule has 3 rings (SSSR count). The number of amides is 2. The number of amidine groups is 1. The summed E-state index contributed by atoms with van der Waals surface area (Å²) < 4.78 is 11.1. The molecule has 0 aromatic carbocycles. The van der Waals surface area contributed by atoms with Gasteiger partial charge in [-0.15, -0.1) is 0 Å². The highest BCUT2D eigenvalue weighted by Crippen LogP contribution is 2.18. The zero-order chi connectivity index (χ0) is 27.9. The Balaban J connectivity index is 1.35. The molecule has 13 nitrogen and oxygen atoms in total. The third-order valence-corrected chi connectivity index (χ3v) is 7.10. The maximum Gasteiger partial charge on any atom is 0.411 e. The van der Waals surface area contributed by atoms with E-state index < -0.39 is 23.7 Å². The molecule has 0 aromatic rings. The molecule has 2 unspecified atom stereocenters. The fourth-order valence-corrected chi connectivity index (χ4v) is 5.12. The Morgan fingerprint density at radius 3 is 2.26 bits per heavy atom. The Bertz CT molecular complexity index is 843. The molecular weight excluding hydrogens is 494 g/mol. The summed E-state index contributed by atoms with van der Waals surface area (Å²) in [6, 6.07) is -0.530. The molecule has 3 aliphatic rings. The molecule has 3 aliphatic heterocycles. The zero-order valence-electron chi connectivity index (χ0n) is 23.1. The van der Waals surface area contributed by atoms with Gasteiger partial charge in [-0.1, -0.05) is 0 Å². The van der Waals surface area contributed by atoms with Crippen molar-refractivity contribution in [1.82, 2.24) is 24.5 Å². The quantitative estimate of drug-likeness (QED) is 0.250. The SMILES string of the molecule is CC(C)(C)OC(=O)N1CCN(CCCN2CC(CN3CCN(CCCC(=O)O)CC3)OC2=O)CC1C(=N)N. The number of carbonyl (C=O) groups is 3. The maximum absolute atomic E-state index is 12.6. The first-order valence-electron chi connectivity index (χ1n) is 13.6. The van der Waals surface area contributed by atoms with E-state index in [0.717, 1.165) is 45.7 Å². The molecule has 0 aliphatic carbocycles. The van der Waals surface area contributed by atoms with E-state index in [1.807, 2.05) is 20.8 Å². The van der Waals surface area contributed by atoms with Gasteiger partial charge in [-0.2, -0.15) is 0 Å². The summed E-state index contributed by atoms with van der Waals surface area (Å²) in [5.41, 5.74) is 5.19. The monoisotopic (exact) mass is 539 g/mol. The standard InChI is InChI=1S/C25H45N7O6/c1-25(2,3)38-24(36)32-15-14-29(18-20(32)22(26)27)8-5-9-31-17-19(37-23(31)35)16-30-12-10-28(11-13-30)7-4-6-21(33)34/h19-20H,4-18H2,1-3H3,(H3,26,27)(H,33,34). The number of carboxylic acid groups (broad SMARTS) is 1. The van der Waals surface area contributed by atoms with E-state index >= 15 is 0 Å². The summed E-state index contributed by atoms with van der Waals surface area (Å²) in [7, 11) is 0. The summed E-state index contributed by atoms with van der Waals surface area (Å²) in [6.45, 7) is 13.9. The second-order valence-corrected chi connectivity index (χ2v) is 11.4. The molecule has 2 atom stereocenters. The smallest absolute Gasteiger partial charge is 0.411 e. The Morgan fingerprint density at radius 1 is 1.00 bits per heavy atom. The molecule has 4 N–H and O–H groups in total. The van der Waals surface area contributed by atoms with Crippen molar-refractivity contribution in [3.63, 3.8) is 0 Å². The molecule has 38 heavy (non-hydrogen) atoms. The van der Waals surface area contributed by atoms with Gasteiger partial charge in [0.25, 0.3) is 0 Å². The highest BCUT2D eigenvalue weighted by Gasteiger charge is 2.36. The van der Waals surface area contributed by atoms with Crippen LogP contribution in [0.1, 0.15) is 40.0 Å². The van der Waals surface area contributed by atoms with Crippen molar-refractivity contribution in [3.8, 4) is 0 Å². The van der Waals surface area contributed by atoms with Crippen LogP contribution in [0.4, 0.5) is 9.59 Å². The highest BCUT2D eigenvalue weighted by atomic mass is 16.6. The number of piperazine rings is 2. The molecule has 0 bridgehead atoms. The van der Waals surface area contributed by atoms with Gasteiger partial charge in [-0.3, -0.25) is 24.9 Å². The van der Waals surface area contributed by atoms with Crippen LogP contribution in [-0.2, 0) is 14.3 Å². The van der Waals surface area contributed by atoms with Gasteiger partial charge >= 0.3 is 18.2 Å². The molecule has 216 valence electrons. The highest BCUT2D eigenvalue weighted by molar-refractivity contribution is 5.87. The first-order chi connectivity index (χ1) is 17.9. The van der Waals surface area contributed by atoms with Gasteiger partial charge in [0.05, 0.1) is 6.54 Å². The molecule has 3 saturated heterocycles. The van der Waals surface area contributed by atoms with Crippen LogP contribution in [0.5, 0.6) is 0 Å². The van der Waals surface area contributed by atoms with Crippen molar-refractivity contribution in [2.24, 2.45) is 5.73 Å². The number of nitrogens with two attached hydrogens (primary N) is 1. The van der Waals surface area contributed by atoms with Crippen LogP contribution in [0.2, 0.25) is 0 Å².